The van der Waals surface area contributed by atoms with Gasteiger partial charge >= 0.3 is 0 Å². The Bertz CT molecular complexity index is 1590. The molecule has 4 heterocycles. The first-order valence-electron chi connectivity index (χ1n) is 17.3. The molecule has 0 aromatic carbocycles. The van der Waals surface area contributed by atoms with Crippen molar-refractivity contribution in [3.8, 4) is 0 Å². The maximum Gasteiger partial charge on any atom is 0.224 e. The molecule has 2 aromatic rings. The van der Waals surface area contributed by atoms with Gasteiger partial charge in [0.25, 0.3) is 0 Å². The van der Waals surface area contributed by atoms with Crippen molar-refractivity contribution in [2.24, 2.45) is 23.0 Å². The highest BCUT2D eigenvalue weighted by atomic mass is 16.8. The summed E-state index contributed by atoms with van der Waals surface area (Å²) in [6.07, 6.45) is 17.5. The number of ether oxygens (including phenoxy) is 3. The number of fused-ring (bicyclic) bond motifs is 2. The van der Waals surface area contributed by atoms with Crippen molar-refractivity contribution < 1.29 is 19.0 Å². The lowest BCUT2D eigenvalue weighted by atomic mass is 9.66. The molecule has 254 valence electrons. The maximum atomic E-state index is 13.0. The summed E-state index contributed by atoms with van der Waals surface area (Å²) in [5.74, 6) is 0.773. The molecule has 7 rings (SSSR count). The van der Waals surface area contributed by atoms with Crippen LogP contribution in [0.4, 0.5) is 5.82 Å². The van der Waals surface area contributed by atoms with Crippen molar-refractivity contribution in [2.45, 2.75) is 122 Å². The highest BCUT2D eigenvalue weighted by molar-refractivity contribution is 5.81. The van der Waals surface area contributed by atoms with Crippen LogP contribution in [0, 0.1) is 17.3 Å². The fraction of sp³-hybridized carbons (Fsp3) is 0.657. The number of amides is 1. The number of aromatic nitrogens is 4. The first kappa shape index (κ1) is 32.2. The van der Waals surface area contributed by atoms with Crippen LogP contribution in [0.25, 0.3) is 11.2 Å². The normalized spacial score (nSPS) is 33.3. The van der Waals surface area contributed by atoms with Gasteiger partial charge in [-0.1, -0.05) is 25.5 Å². The molecule has 3 aliphatic carbocycles. The number of hydrogen-bond donors (Lipinski definition) is 3. The summed E-state index contributed by atoms with van der Waals surface area (Å²) in [6, 6.07) is 0.733. The minimum atomic E-state index is -0.732. The van der Waals surface area contributed by atoms with Crippen LogP contribution in [-0.2, 0) is 19.0 Å². The lowest BCUT2D eigenvalue weighted by molar-refractivity contribution is -0.199. The van der Waals surface area contributed by atoms with Crippen molar-refractivity contribution in [1.82, 2.24) is 29.7 Å². The topological polar surface area (TPSA) is 156 Å². The molecule has 2 unspecified atom stereocenters. The van der Waals surface area contributed by atoms with Crippen LogP contribution in [0.2, 0.25) is 0 Å². The van der Waals surface area contributed by atoms with E-state index in [9.17, 15) is 4.79 Å². The van der Waals surface area contributed by atoms with E-state index in [-0.39, 0.29) is 29.6 Å². The molecular formula is C35H50N8O4. The molecule has 0 bridgehead atoms. The number of nitrogens with two attached hydrogens (primary N) is 2. The second kappa shape index (κ2) is 12.3. The summed E-state index contributed by atoms with van der Waals surface area (Å²) in [5.41, 5.74) is 14.9. The Morgan fingerprint density at radius 2 is 1.83 bits per heavy atom. The molecular weight excluding hydrogens is 596 g/mol. The first-order chi connectivity index (χ1) is 22.4. The quantitative estimate of drug-likeness (QED) is 0.340. The zero-order valence-corrected chi connectivity index (χ0v) is 28.3. The number of imidazole rings is 1. The van der Waals surface area contributed by atoms with Crippen molar-refractivity contribution >= 4 is 22.9 Å². The fourth-order valence-corrected chi connectivity index (χ4v) is 8.02. The van der Waals surface area contributed by atoms with E-state index in [1.165, 1.54) is 25.6 Å². The van der Waals surface area contributed by atoms with E-state index in [1.807, 2.05) is 30.6 Å². The molecule has 5 aliphatic rings. The van der Waals surface area contributed by atoms with Crippen molar-refractivity contribution in [1.29, 1.82) is 0 Å². The summed E-state index contributed by atoms with van der Waals surface area (Å²) in [6.45, 7) is 11.3. The largest absolute Gasteiger partial charge is 0.397 e. The highest BCUT2D eigenvalue weighted by Gasteiger charge is 2.57. The van der Waals surface area contributed by atoms with Gasteiger partial charge in [0.2, 0.25) is 5.91 Å². The number of carbonyl (C=O) groups excluding carboxylic acids is 1. The second-order valence-electron chi connectivity index (χ2n) is 15.1. The Morgan fingerprint density at radius 3 is 2.55 bits per heavy atom. The van der Waals surface area contributed by atoms with E-state index >= 15 is 0 Å². The Balaban J connectivity index is 0.947. The van der Waals surface area contributed by atoms with E-state index in [1.54, 1.807) is 6.33 Å². The monoisotopic (exact) mass is 646 g/mol. The molecule has 2 saturated carbocycles. The van der Waals surface area contributed by atoms with Crippen molar-refractivity contribution in [2.75, 3.05) is 12.3 Å². The molecule has 12 nitrogen and oxygen atoms in total. The van der Waals surface area contributed by atoms with Gasteiger partial charge in [0.1, 0.15) is 30.2 Å². The Hall–Kier alpha value is -3.32. The van der Waals surface area contributed by atoms with Crippen LogP contribution in [-0.4, -0.2) is 73.1 Å². The molecule has 4 fully saturated rings. The van der Waals surface area contributed by atoms with Gasteiger partial charge in [-0.05, 0) is 83.8 Å². The summed E-state index contributed by atoms with van der Waals surface area (Å²) in [5, 5.41) is 3.09. The van der Waals surface area contributed by atoms with Crippen LogP contribution >= 0.6 is 0 Å². The van der Waals surface area contributed by atoms with Crippen molar-refractivity contribution in [3.63, 3.8) is 0 Å². The van der Waals surface area contributed by atoms with Gasteiger partial charge < -0.3 is 31.0 Å². The van der Waals surface area contributed by atoms with Crippen LogP contribution < -0.4 is 16.8 Å². The van der Waals surface area contributed by atoms with E-state index in [0.29, 0.717) is 65.3 Å². The lowest BCUT2D eigenvalue weighted by Gasteiger charge is -2.46. The standard InChI is InChI=1S/C35H50N8O4/c1-20(2)42(17-26-29-30(47-34(3,4)46-29)33(45-26)43-19-40-28-31(37)38-18-39-32(28)43)23-15-21(16-23)9-10-27(44)41-25-12-14-35(5,13-11-24(25)36)22-7-6-8-22/h11-14,18-23,26,29-30,33H,6-10,15-17,36H2,1-5H3,(H,41,44)(H2,37,38,39)/t21?,23?,26?,29-,30-,33-,35?/m1/s1. The zero-order chi connectivity index (χ0) is 33.1. The van der Waals surface area contributed by atoms with Gasteiger partial charge in [-0.25, -0.2) is 15.0 Å². The predicted octanol–water partition coefficient (Wildman–Crippen LogP) is 4.31. The number of anilines is 1. The van der Waals surface area contributed by atoms with E-state index in [2.05, 4.69) is 58.1 Å². The van der Waals surface area contributed by atoms with Gasteiger partial charge in [-0.15, -0.1) is 0 Å². The van der Waals surface area contributed by atoms with Gasteiger partial charge in [0.05, 0.1) is 17.7 Å². The molecule has 0 spiro atoms. The SMILES string of the molecule is CC(C)N(CC1O[C@@H](n2cnc3c(N)ncnc32)[C@@H]2OC(C)(C)O[C@H]12)C1CC(CCC(=O)NC2=C(N)C=CC(C)(C3CCC3)C=C2)C1. The molecule has 47 heavy (non-hydrogen) atoms. The average molecular weight is 647 g/mol. The van der Waals surface area contributed by atoms with E-state index < -0.39 is 12.0 Å². The maximum absolute atomic E-state index is 13.0. The van der Waals surface area contributed by atoms with E-state index in [4.69, 9.17) is 25.7 Å². The molecule has 0 radical (unpaired) electrons. The van der Waals surface area contributed by atoms with Gasteiger partial charge in [0.15, 0.2) is 23.5 Å². The van der Waals surface area contributed by atoms with Crippen LogP contribution in [0.15, 0.2) is 48.4 Å². The molecule has 5 N–H and O–H groups in total. The number of nitrogens with one attached hydrogen (secondary N) is 1. The molecule has 5 atom stereocenters. The summed E-state index contributed by atoms with van der Waals surface area (Å²) >= 11 is 0. The van der Waals surface area contributed by atoms with E-state index in [0.717, 1.165) is 19.3 Å². The number of nitrogens with zero attached hydrogens (tertiary/aromatic N) is 5. The summed E-state index contributed by atoms with van der Waals surface area (Å²) in [7, 11) is 0. The Labute approximate surface area is 277 Å². The molecule has 12 heteroatoms. The van der Waals surface area contributed by atoms with Crippen LogP contribution in [0.5, 0.6) is 0 Å². The Morgan fingerprint density at radius 1 is 1.09 bits per heavy atom. The molecule has 2 aromatic heterocycles. The smallest absolute Gasteiger partial charge is 0.224 e. The fourth-order valence-electron chi connectivity index (χ4n) is 8.02. The molecule has 2 aliphatic heterocycles. The summed E-state index contributed by atoms with van der Waals surface area (Å²) < 4.78 is 21.4. The second-order valence-corrected chi connectivity index (χ2v) is 15.1. The van der Waals surface area contributed by atoms with Gasteiger partial charge in [-0.3, -0.25) is 14.3 Å². The third-order valence-electron chi connectivity index (χ3n) is 11.1. The third kappa shape index (κ3) is 6.21. The number of nitrogen functional groups attached to an aromatic ring is 1. The zero-order valence-electron chi connectivity index (χ0n) is 28.3. The minimum absolute atomic E-state index is 0.00556. The third-order valence-corrected chi connectivity index (χ3v) is 11.1. The summed E-state index contributed by atoms with van der Waals surface area (Å²) in [4.78, 5) is 28.5. The number of carbonyl (C=O) groups is 1. The highest BCUT2D eigenvalue weighted by Crippen LogP contribution is 2.46. The predicted molar refractivity (Wildman–Crippen MR) is 178 cm³/mol. The Kier molecular flexibility index (Phi) is 8.43. The van der Waals surface area contributed by atoms with Crippen LogP contribution in [0.3, 0.4) is 0 Å². The average Bonchev–Trinajstić information content (AvgIpc) is 3.60. The van der Waals surface area contributed by atoms with Crippen molar-refractivity contribution in [3.05, 3.63) is 48.4 Å². The number of hydrogen-bond acceptors (Lipinski definition) is 10. The lowest BCUT2D eigenvalue weighted by Crippen LogP contribution is -2.52. The molecule has 1 amide bonds. The molecule has 2 saturated heterocycles. The number of rotatable bonds is 10. The van der Waals surface area contributed by atoms with Gasteiger partial charge in [0, 0.05) is 30.5 Å². The van der Waals surface area contributed by atoms with Gasteiger partial charge in [-0.2, -0.15) is 0 Å². The number of allylic oxidation sites excluding steroid dienone is 4. The van der Waals surface area contributed by atoms with Crippen LogP contribution in [0.1, 0.15) is 85.8 Å². The minimum Gasteiger partial charge on any atom is -0.397 e. The first-order valence-corrected chi connectivity index (χ1v) is 17.3.